The summed E-state index contributed by atoms with van der Waals surface area (Å²) in [5.41, 5.74) is 2.77. The van der Waals surface area contributed by atoms with Gasteiger partial charge in [0.2, 0.25) is 5.91 Å². The van der Waals surface area contributed by atoms with Crippen molar-refractivity contribution in [2.24, 2.45) is 5.92 Å². The number of aryl methyl sites for hydroxylation is 1. The van der Waals surface area contributed by atoms with Gasteiger partial charge in [0.25, 0.3) is 5.56 Å². The van der Waals surface area contributed by atoms with Crippen molar-refractivity contribution < 1.29 is 4.79 Å². The average Bonchev–Trinajstić information content (AvgIpc) is 3.48. The second-order valence-electron chi connectivity index (χ2n) is 6.99. The van der Waals surface area contributed by atoms with Crippen molar-refractivity contribution in [3.05, 3.63) is 76.3 Å². The maximum atomic E-state index is 12.6. The molecule has 1 fully saturated rings. The second-order valence-corrected chi connectivity index (χ2v) is 6.99. The van der Waals surface area contributed by atoms with Gasteiger partial charge in [0, 0.05) is 0 Å². The molecular formula is C21H21N3O2. The Morgan fingerprint density at radius 2 is 1.92 bits per heavy atom. The van der Waals surface area contributed by atoms with Crippen LogP contribution in [0.5, 0.6) is 0 Å². The lowest BCUT2D eigenvalue weighted by molar-refractivity contribution is -0.122. The average molecular weight is 347 g/mol. The summed E-state index contributed by atoms with van der Waals surface area (Å²) >= 11 is 0. The number of amides is 1. The smallest absolute Gasteiger partial charge is 0.261 e. The molecule has 0 spiro atoms. The zero-order chi connectivity index (χ0) is 18.1. The molecule has 1 aliphatic rings. The summed E-state index contributed by atoms with van der Waals surface area (Å²) in [4.78, 5) is 29.4. The number of aromatic nitrogens is 2. The third-order valence-corrected chi connectivity index (χ3v) is 4.89. The highest BCUT2D eigenvalue weighted by molar-refractivity contribution is 5.79. The van der Waals surface area contributed by atoms with Crippen LogP contribution in [0.4, 0.5) is 0 Å². The molecular weight excluding hydrogens is 326 g/mol. The molecule has 2 aromatic carbocycles. The molecule has 1 aliphatic carbocycles. The first-order chi connectivity index (χ1) is 12.6. The van der Waals surface area contributed by atoms with E-state index in [1.807, 2.05) is 13.0 Å². The second kappa shape index (κ2) is 6.75. The van der Waals surface area contributed by atoms with Crippen LogP contribution in [0.1, 0.15) is 30.0 Å². The largest absolute Gasteiger partial charge is 0.347 e. The topological polar surface area (TPSA) is 64.0 Å². The minimum atomic E-state index is -0.191. The Kier molecular flexibility index (Phi) is 4.29. The summed E-state index contributed by atoms with van der Waals surface area (Å²) in [7, 11) is 0. The van der Waals surface area contributed by atoms with E-state index in [0.29, 0.717) is 16.8 Å². The number of nitrogens with zero attached hydrogens (tertiary/aromatic N) is 2. The normalized spacial score (nSPS) is 15.0. The molecule has 26 heavy (non-hydrogen) atoms. The van der Waals surface area contributed by atoms with E-state index in [-0.39, 0.29) is 24.1 Å². The van der Waals surface area contributed by atoms with Gasteiger partial charge in [0.05, 0.1) is 23.3 Å². The molecule has 1 N–H and O–H groups in total. The first-order valence-electron chi connectivity index (χ1n) is 8.92. The van der Waals surface area contributed by atoms with Gasteiger partial charge in [-0.25, -0.2) is 4.98 Å². The third kappa shape index (κ3) is 3.38. The van der Waals surface area contributed by atoms with E-state index in [1.165, 1.54) is 16.5 Å². The molecule has 5 heteroatoms. The third-order valence-electron chi connectivity index (χ3n) is 4.89. The van der Waals surface area contributed by atoms with Gasteiger partial charge in [0.1, 0.15) is 6.54 Å². The highest BCUT2D eigenvalue weighted by Gasteiger charge is 2.33. The molecule has 0 bridgehead atoms. The maximum absolute atomic E-state index is 12.6. The van der Waals surface area contributed by atoms with Gasteiger partial charge in [0.15, 0.2) is 0 Å². The van der Waals surface area contributed by atoms with Crippen LogP contribution in [0.15, 0.2) is 59.7 Å². The fourth-order valence-corrected chi connectivity index (χ4v) is 3.27. The molecule has 1 aromatic heterocycles. The lowest BCUT2D eigenvalue weighted by Gasteiger charge is -2.19. The molecule has 0 aliphatic heterocycles. The molecule has 1 heterocycles. The highest BCUT2D eigenvalue weighted by Crippen LogP contribution is 2.41. The number of carbonyl (C=O) groups is 1. The van der Waals surface area contributed by atoms with Gasteiger partial charge in [-0.15, -0.1) is 0 Å². The number of carbonyl (C=O) groups excluding carboxylic acids is 1. The van der Waals surface area contributed by atoms with Crippen molar-refractivity contribution in [1.29, 1.82) is 0 Å². The minimum Gasteiger partial charge on any atom is -0.347 e. The van der Waals surface area contributed by atoms with Crippen LogP contribution < -0.4 is 10.9 Å². The SMILES string of the molecule is Cc1ccc(C(NC(=O)Cn2cnc3ccccc3c2=O)C2CC2)cc1. The molecule has 5 nitrogen and oxygen atoms in total. The number of nitrogens with one attached hydrogen (secondary N) is 1. The molecule has 132 valence electrons. The van der Waals surface area contributed by atoms with Crippen molar-refractivity contribution in [2.45, 2.75) is 32.4 Å². The number of fused-ring (bicyclic) bond motifs is 1. The van der Waals surface area contributed by atoms with Gasteiger partial charge < -0.3 is 5.32 Å². The summed E-state index contributed by atoms with van der Waals surface area (Å²) in [6.07, 6.45) is 3.69. The monoisotopic (exact) mass is 347 g/mol. The van der Waals surface area contributed by atoms with Crippen LogP contribution in [0.2, 0.25) is 0 Å². The zero-order valence-corrected chi connectivity index (χ0v) is 14.7. The van der Waals surface area contributed by atoms with E-state index in [2.05, 4.69) is 34.6 Å². The molecule has 4 rings (SSSR count). The van der Waals surface area contributed by atoms with Crippen molar-refractivity contribution >= 4 is 16.8 Å². The van der Waals surface area contributed by atoms with Gasteiger partial charge in [-0.2, -0.15) is 0 Å². The number of benzene rings is 2. The summed E-state index contributed by atoms with van der Waals surface area (Å²) in [6, 6.07) is 15.4. The molecule has 1 saturated carbocycles. The van der Waals surface area contributed by atoms with Gasteiger partial charge >= 0.3 is 0 Å². The summed E-state index contributed by atoms with van der Waals surface area (Å²) in [6.45, 7) is 2.03. The van der Waals surface area contributed by atoms with Crippen molar-refractivity contribution in [3.8, 4) is 0 Å². The van der Waals surface area contributed by atoms with E-state index in [0.717, 1.165) is 18.4 Å². The van der Waals surface area contributed by atoms with E-state index in [9.17, 15) is 9.59 Å². The number of para-hydroxylation sites is 1. The van der Waals surface area contributed by atoms with E-state index >= 15 is 0 Å². The molecule has 0 radical (unpaired) electrons. The van der Waals surface area contributed by atoms with Crippen molar-refractivity contribution in [1.82, 2.24) is 14.9 Å². The number of hydrogen-bond acceptors (Lipinski definition) is 3. The van der Waals surface area contributed by atoms with Gasteiger partial charge in [-0.3, -0.25) is 14.2 Å². The predicted molar refractivity (Wildman–Crippen MR) is 101 cm³/mol. The van der Waals surface area contributed by atoms with Crippen LogP contribution >= 0.6 is 0 Å². The lowest BCUT2D eigenvalue weighted by Crippen LogP contribution is -2.35. The fraction of sp³-hybridized carbons (Fsp3) is 0.286. The number of rotatable bonds is 5. The van der Waals surface area contributed by atoms with E-state index in [1.54, 1.807) is 18.2 Å². The lowest BCUT2D eigenvalue weighted by atomic mass is 10.0. The summed E-state index contributed by atoms with van der Waals surface area (Å²) in [5, 5.41) is 3.64. The summed E-state index contributed by atoms with van der Waals surface area (Å²) in [5.74, 6) is 0.315. The van der Waals surface area contributed by atoms with Crippen molar-refractivity contribution in [3.63, 3.8) is 0 Å². The predicted octanol–water partition coefficient (Wildman–Crippen LogP) is 2.97. The zero-order valence-electron chi connectivity index (χ0n) is 14.7. The van der Waals surface area contributed by atoms with Crippen LogP contribution in [-0.4, -0.2) is 15.5 Å². The molecule has 0 saturated heterocycles. The fourth-order valence-electron chi connectivity index (χ4n) is 3.27. The highest BCUT2D eigenvalue weighted by atomic mass is 16.2. The van der Waals surface area contributed by atoms with Crippen LogP contribution in [0.3, 0.4) is 0 Å². The molecule has 3 aromatic rings. The Balaban J connectivity index is 1.53. The van der Waals surface area contributed by atoms with Gasteiger partial charge in [-0.1, -0.05) is 42.0 Å². The first kappa shape index (κ1) is 16.5. The Labute approximate surface area is 151 Å². The van der Waals surface area contributed by atoms with Crippen LogP contribution in [-0.2, 0) is 11.3 Å². The number of hydrogen-bond donors (Lipinski definition) is 1. The van der Waals surface area contributed by atoms with Crippen LogP contribution in [0, 0.1) is 12.8 Å². The molecule has 1 amide bonds. The Hall–Kier alpha value is -2.95. The molecule has 1 atom stereocenters. The Morgan fingerprint density at radius 3 is 2.65 bits per heavy atom. The van der Waals surface area contributed by atoms with E-state index in [4.69, 9.17) is 0 Å². The van der Waals surface area contributed by atoms with E-state index < -0.39 is 0 Å². The Bertz CT molecular complexity index is 1000. The quantitative estimate of drug-likeness (QED) is 0.772. The summed E-state index contributed by atoms with van der Waals surface area (Å²) < 4.78 is 1.37. The Morgan fingerprint density at radius 1 is 1.19 bits per heavy atom. The first-order valence-corrected chi connectivity index (χ1v) is 8.92. The maximum Gasteiger partial charge on any atom is 0.261 e. The standard InChI is InChI=1S/C21H21N3O2/c1-14-6-8-15(9-7-14)20(16-10-11-16)23-19(25)12-24-13-22-18-5-3-2-4-17(18)21(24)26/h2-9,13,16,20H,10-12H2,1H3,(H,23,25). The minimum absolute atomic E-state index is 0.00668. The van der Waals surface area contributed by atoms with Crippen LogP contribution in [0.25, 0.3) is 10.9 Å². The molecule has 1 unspecified atom stereocenters. The van der Waals surface area contributed by atoms with Crippen molar-refractivity contribution in [2.75, 3.05) is 0 Å². The van der Waals surface area contributed by atoms with Gasteiger partial charge in [-0.05, 0) is 43.4 Å².